The van der Waals surface area contributed by atoms with Crippen LogP contribution in [-0.2, 0) is 6.54 Å². The van der Waals surface area contributed by atoms with Crippen molar-refractivity contribution in [3.05, 3.63) is 22.7 Å². The van der Waals surface area contributed by atoms with E-state index in [4.69, 9.17) is 21.1 Å². The van der Waals surface area contributed by atoms with Crippen molar-refractivity contribution >= 4 is 11.6 Å². The number of nitrogens with one attached hydrogen (secondary N) is 1. The lowest BCUT2D eigenvalue weighted by atomic mass is 9.54. The molecular formula is C21H30ClNO2. The van der Waals surface area contributed by atoms with Gasteiger partial charge in [-0.05, 0) is 87.3 Å². The highest BCUT2D eigenvalue weighted by atomic mass is 35.5. The lowest BCUT2D eigenvalue weighted by Gasteiger charge is -2.54. The van der Waals surface area contributed by atoms with Crippen LogP contribution in [0.15, 0.2) is 12.1 Å². The Morgan fingerprint density at radius 3 is 2.20 bits per heavy atom. The molecule has 4 saturated carbocycles. The maximum atomic E-state index is 6.46. The predicted molar refractivity (Wildman–Crippen MR) is 101 cm³/mol. The van der Waals surface area contributed by atoms with Gasteiger partial charge in [0, 0.05) is 12.6 Å². The quantitative estimate of drug-likeness (QED) is 0.735. The van der Waals surface area contributed by atoms with E-state index >= 15 is 0 Å². The zero-order valence-corrected chi connectivity index (χ0v) is 16.1. The second kappa shape index (κ2) is 7.36. The molecule has 0 aliphatic heterocycles. The molecule has 0 radical (unpaired) electrons. The van der Waals surface area contributed by atoms with Gasteiger partial charge in [0.1, 0.15) is 0 Å². The van der Waals surface area contributed by atoms with Crippen molar-refractivity contribution < 1.29 is 9.47 Å². The topological polar surface area (TPSA) is 30.5 Å². The minimum Gasteiger partial charge on any atom is -0.490 e. The lowest BCUT2D eigenvalue weighted by molar-refractivity contribution is -0.0142. The van der Waals surface area contributed by atoms with Crippen molar-refractivity contribution in [2.45, 2.75) is 58.5 Å². The largest absolute Gasteiger partial charge is 0.490 e. The van der Waals surface area contributed by atoms with E-state index in [-0.39, 0.29) is 0 Å². The molecule has 0 atom stereocenters. The zero-order valence-electron chi connectivity index (χ0n) is 15.4. The van der Waals surface area contributed by atoms with Gasteiger partial charge in [0.2, 0.25) is 0 Å². The molecule has 4 aliphatic rings. The summed E-state index contributed by atoms with van der Waals surface area (Å²) in [5.74, 6) is 5.25. The average molecular weight is 364 g/mol. The number of ether oxygens (including phenoxy) is 2. The number of halogens is 1. The van der Waals surface area contributed by atoms with Gasteiger partial charge in [0.15, 0.2) is 11.5 Å². The standard InChI is InChI=1S/C21H30ClNO2/c1-3-24-19-11-15(10-18(22)21(19)25-4-2)12-23-20-16-6-13-5-14(8-16)9-17(20)7-13/h10-11,13-14,16-17,20,23H,3-9,12H2,1-2H3. The van der Waals surface area contributed by atoms with E-state index in [2.05, 4.69) is 11.4 Å². The predicted octanol–water partition coefficient (Wildman–Crippen LogP) is 5.05. The second-order valence-electron chi connectivity index (χ2n) is 8.11. The zero-order chi connectivity index (χ0) is 17.4. The first-order valence-electron chi connectivity index (χ1n) is 9.99. The van der Waals surface area contributed by atoms with Crippen LogP contribution >= 0.6 is 11.6 Å². The van der Waals surface area contributed by atoms with E-state index in [1.807, 2.05) is 19.9 Å². The number of benzene rings is 1. The summed E-state index contributed by atoms with van der Waals surface area (Å²) in [5.41, 5.74) is 1.19. The van der Waals surface area contributed by atoms with Crippen molar-refractivity contribution in [2.75, 3.05) is 13.2 Å². The van der Waals surface area contributed by atoms with Crippen molar-refractivity contribution in [3.8, 4) is 11.5 Å². The van der Waals surface area contributed by atoms with Crippen molar-refractivity contribution in [3.63, 3.8) is 0 Å². The van der Waals surface area contributed by atoms with E-state index in [1.165, 1.54) is 37.7 Å². The Hall–Kier alpha value is -0.930. The summed E-state index contributed by atoms with van der Waals surface area (Å²) >= 11 is 6.46. The highest BCUT2D eigenvalue weighted by molar-refractivity contribution is 6.32. The van der Waals surface area contributed by atoms with E-state index in [0.717, 1.165) is 36.0 Å². The molecule has 0 unspecified atom stereocenters. The second-order valence-corrected chi connectivity index (χ2v) is 8.52. The maximum Gasteiger partial charge on any atom is 0.179 e. The van der Waals surface area contributed by atoms with Crippen LogP contribution in [0, 0.1) is 23.7 Å². The van der Waals surface area contributed by atoms with Crippen molar-refractivity contribution in [1.82, 2.24) is 5.32 Å². The monoisotopic (exact) mass is 363 g/mol. The van der Waals surface area contributed by atoms with E-state index < -0.39 is 0 Å². The molecule has 1 N–H and O–H groups in total. The van der Waals surface area contributed by atoms with Crippen molar-refractivity contribution in [1.29, 1.82) is 0 Å². The number of rotatable bonds is 7. The number of hydrogen-bond donors (Lipinski definition) is 1. The van der Waals surface area contributed by atoms with Gasteiger partial charge in [-0.2, -0.15) is 0 Å². The van der Waals surface area contributed by atoms with Gasteiger partial charge in [0.25, 0.3) is 0 Å². The van der Waals surface area contributed by atoms with Crippen LogP contribution in [-0.4, -0.2) is 19.3 Å². The van der Waals surface area contributed by atoms with Gasteiger partial charge >= 0.3 is 0 Å². The third-order valence-corrected chi connectivity index (χ3v) is 6.71. The SMILES string of the molecule is CCOc1cc(CNC2C3CC4CC(C3)CC2C4)cc(Cl)c1OCC. The first-order valence-corrected chi connectivity index (χ1v) is 10.4. The molecule has 5 rings (SSSR count). The minimum atomic E-state index is 0.588. The van der Waals surface area contributed by atoms with Crippen LogP contribution in [0.4, 0.5) is 0 Å². The molecule has 1 aromatic rings. The molecule has 4 heteroatoms. The molecule has 0 aromatic heterocycles. The highest BCUT2D eigenvalue weighted by Crippen LogP contribution is 2.53. The van der Waals surface area contributed by atoms with Gasteiger partial charge in [-0.1, -0.05) is 11.6 Å². The first kappa shape index (κ1) is 17.5. The third-order valence-electron chi connectivity index (χ3n) is 6.43. The molecule has 0 saturated heterocycles. The van der Waals surface area contributed by atoms with Crippen LogP contribution in [0.2, 0.25) is 5.02 Å². The number of hydrogen-bond acceptors (Lipinski definition) is 3. The minimum absolute atomic E-state index is 0.588. The molecule has 138 valence electrons. The van der Waals surface area contributed by atoms with Crippen LogP contribution in [0.5, 0.6) is 11.5 Å². The smallest absolute Gasteiger partial charge is 0.179 e. The normalized spacial score (nSPS) is 32.8. The fraction of sp³-hybridized carbons (Fsp3) is 0.714. The fourth-order valence-corrected chi connectivity index (χ4v) is 6.05. The van der Waals surface area contributed by atoms with E-state index in [1.54, 1.807) is 0 Å². The molecule has 4 fully saturated rings. The average Bonchev–Trinajstić information content (AvgIpc) is 2.57. The Labute approximate surface area is 156 Å². The summed E-state index contributed by atoms with van der Waals surface area (Å²) < 4.78 is 11.4. The van der Waals surface area contributed by atoms with E-state index in [0.29, 0.717) is 30.0 Å². The fourth-order valence-electron chi connectivity index (χ4n) is 5.76. The Morgan fingerprint density at radius 2 is 1.60 bits per heavy atom. The molecule has 1 aromatic carbocycles. The van der Waals surface area contributed by atoms with Crippen LogP contribution in [0.3, 0.4) is 0 Å². The van der Waals surface area contributed by atoms with Crippen LogP contribution < -0.4 is 14.8 Å². The van der Waals surface area contributed by atoms with Gasteiger partial charge in [-0.15, -0.1) is 0 Å². The van der Waals surface area contributed by atoms with Crippen LogP contribution in [0.1, 0.15) is 51.5 Å². The summed E-state index contributed by atoms with van der Waals surface area (Å²) in [6.45, 7) is 6.02. The molecule has 4 bridgehead atoms. The Morgan fingerprint density at radius 1 is 0.960 bits per heavy atom. The highest BCUT2D eigenvalue weighted by Gasteiger charge is 2.47. The van der Waals surface area contributed by atoms with Gasteiger partial charge in [-0.3, -0.25) is 0 Å². The molecule has 4 aliphatic carbocycles. The molecule has 0 heterocycles. The third kappa shape index (κ3) is 3.50. The summed E-state index contributed by atoms with van der Waals surface area (Å²) in [4.78, 5) is 0. The molecule has 3 nitrogen and oxygen atoms in total. The summed E-state index contributed by atoms with van der Waals surface area (Å²) in [7, 11) is 0. The lowest BCUT2D eigenvalue weighted by Crippen LogP contribution is -2.54. The Kier molecular flexibility index (Phi) is 5.15. The van der Waals surface area contributed by atoms with Gasteiger partial charge < -0.3 is 14.8 Å². The molecule has 25 heavy (non-hydrogen) atoms. The molecule has 0 amide bonds. The van der Waals surface area contributed by atoms with E-state index in [9.17, 15) is 0 Å². The van der Waals surface area contributed by atoms with Gasteiger partial charge in [0.05, 0.1) is 18.2 Å². The maximum absolute atomic E-state index is 6.46. The summed E-state index contributed by atoms with van der Waals surface area (Å²) in [6.07, 6.45) is 7.28. The Balaban J connectivity index is 1.46. The summed E-state index contributed by atoms with van der Waals surface area (Å²) in [5, 5.41) is 4.52. The Bertz CT molecular complexity index is 590. The molecular weight excluding hydrogens is 334 g/mol. The van der Waals surface area contributed by atoms with Crippen molar-refractivity contribution in [2.24, 2.45) is 23.7 Å². The molecule has 0 spiro atoms. The summed E-state index contributed by atoms with van der Waals surface area (Å²) in [6, 6.07) is 4.80. The van der Waals surface area contributed by atoms with Crippen LogP contribution in [0.25, 0.3) is 0 Å². The first-order chi connectivity index (χ1) is 12.2. The van der Waals surface area contributed by atoms with Gasteiger partial charge in [-0.25, -0.2) is 0 Å².